The van der Waals surface area contributed by atoms with Crippen molar-refractivity contribution in [3.63, 3.8) is 0 Å². The highest BCUT2D eigenvalue weighted by Crippen LogP contribution is 2.27. The number of nitrogens with zero attached hydrogens (tertiary/aromatic N) is 6. The number of ether oxygens (including phenoxy) is 13. The monoisotopic (exact) mass is 1220 g/mol. The maximum Gasteiger partial charge on any atom is 0.0900 e. The number of hydrogen-bond acceptors (Lipinski definition) is 25. The summed E-state index contributed by atoms with van der Waals surface area (Å²) in [5.74, 6) is 0. The molecule has 6 aliphatic heterocycles. The zero-order valence-electron chi connectivity index (χ0n) is 53.0. The highest BCUT2D eigenvalue weighted by atomic mass is 16.6. The van der Waals surface area contributed by atoms with Crippen LogP contribution in [0.1, 0.15) is 54.9 Å². The Morgan fingerprint density at radius 2 is 0.482 bits per heavy atom. The molecule has 6 N–H and O–H groups in total. The number of aliphatic hydroxyl groups excluding tert-OH is 6. The number of aliphatic hydroxyl groups is 6. The molecule has 0 bridgehead atoms. The molecule has 19 unspecified atom stereocenters. The van der Waals surface area contributed by atoms with Crippen molar-refractivity contribution in [1.82, 2.24) is 29.4 Å². The van der Waals surface area contributed by atoms with Crippen molar-refractivity contribution in [3.05, 3.63) is 0 Å². The second-order valence-electron chi connectivity index (χ2n) is 25.9. The van der Waals surface area contributed by atoms with Gasteiger partial charge in [0.2, 0.25) is 0 Å². The molecular weight excluding hydrogens is 1110 g/mol. The molecular formula is C60H116N6O19. The summed E-state index contributed by atoms with van der Waals surface area (Å²) < 4.78 is 80.9. The van der Waals surface area contributed by atoms with E-state index < -0.39 is 47.5 Å². The van der Waals surface area contributed by atoms with Gasteiger partial charge >= 0.3 is 0 Å². The van der Waals surface area contributed by atoms with E-state index in [1.54, 1.807) is 0 Å². The van der Waals surface area contributed by atoms with Gasteiger partial charge in [-0.15, -0.1) is 0 Å². The van der Waals surface area contributed by atoms with Gasteiger partial charge < -0.3 is 92.2 Å². The van der Waals surface area contributed by atoms with Crippen LogP contribution in [0, 0.1) is 10.8 Å². The van der Waals surface area contributed by atoms with E-state index in [4.69, 9.17) is 61.6 Å². The maximum absolute atomic E-state index is 10.6. The van der Waals surface area contributed by atoms with Gasteiger partial charge in [0, 0.05) is 121 Å². The van der Waals surface area contributed by atoms with Crippen LogP contribution in [0.2, 0.25) is 0 Å². The molecule has 6 fully saturated rings. The fraction of sp³-hybridized carbons (Fsp3) is 1.00. The third kappa shape index (κ3) is 32.2. The lowest BCUT2D eigenvalue weighted by atomic mass is 9.90. The van der Waals surface area contributed by atoms with E-state index >= 15 is 0 Å². The van der Waals surface area contributed by atoms with Gasteiger partial charge in [0.15, 0.2) is 0 Å². The molecule has 6 aliphatic rings. The molecule has 19 atom stereocenters. The van der Waals surface area contributed by atoms with Crippen LogP contribution in [-0.2, 0) is 61.6 Å². The van der Waals surface area contributed by atoms with Gasteiger partial charge in [0.25, 0.3) is 0 Å². The molecule has 25 nitrogen and oxygen atoms in total. The van der Waals surface area contributed by atoms with Crippen molar-refractivity contribution in [3.8, 4) is 0 Å². The lowest BCUT2D eigenvalue weighted by Crippen LogP contribution is -2.46. The molecule has 25 heteroatoms. The van der Waals surface area contributed by atoms with Crippen LogP contribution < -0.4 is 0 Å². The Balaban J connectivity index is 1.12. The largest absolute Gasteiger partial charge is 0.389 e. The molecule has 0 saturated carbocycles. The smallest absolute Gasteiger partial charge is 0.0900 e. The van der Waals surface area contributed by atoms with Crippen molar-refractivity contribution >= 4 is 0 Å². The summed E-state index contributed by atoms with van der Waals surface area (Å²) in [7, 11) is 0. The van der Waals surface area contributed by atoms with Crippen molar-refractivity contribution in [2.45, 2.75) is 134 Å². The summed E-state index contributed by atoms with van der Waals surface area (Å²) >= 11 is 0. The van der Waals surface area contributed by atoms with Crippen LogP contribution in [0.5, 0.6) is 0 Å². The Hall–Kier alpha value is -1.00. The van der Waals surface area contributed by atoms with E-state index in [9.17, 15) is 30.6 Å². The van der Waals surface area contributed by atoms with E-state index in [0.29, 0.717) is 88.5 Å². The first kappa shape index (κ1) is 73.1. The van der Waals surface area contributed by atoms with E-state index in [1.807, 2.05) is 6.92 Å². The third-order valence-electron chi connectivity index (χ3n) is 16.5. The molecule has 0 radical (unpaired) electrons. The minimum atomic E-state index is -0.899. The average Bonchev–Trinajstić information content (AvgIpc) is 4.22. The molecule has 0 aromatic rings. The molecule has 0 aromatic carbocycles. The topological polar surface area (TPSA) is 259 Å². The molecule has 0 spiro atoms. The van der Waals surface area contributed by atoms with Gasteiger partial charge in [0.1, 0.15) is 0 Å². The van der Waals surface area contributed by atoms with Crippen molar-refractivity contribution in [2.24, 2.45) is 10.8 Å². The van der Waals surface area contributed by atoms with Crippen LogP contribution in [0.25, 0.3) is 0 Å². The summed E-state index contributed by atoms with van der Waals surface area (Å²) in [6.45, 7) is 29.1. The summed E-state index contributed by atoms with van der Waals surface area (Å²) in [5.41, 5.74) is -1.79. The normalized spacial score (nSPS) is 30.5. The number of hydrogen-bond donors (Lipinski definition) is 6. The van der Waals surface area contributed by atoms with Gasteiger partial charge in [-0.05, 0) is 54.9 Å². The van der Waals surface area contributed by atoms with Crippen LogP contribution in [-0.4, -0.2) is 383 Å². The fourth-order valence-electron chi connectivity index (χ4n) is 10.2. The first-order valence-electron chi connectivity index (χ1n) is 32.0. The SMILES string of the molecule is CC(CCOCC(O)CN1CC1C)OCC(COCCOCC(O)CN1CC1C)(COCCOCC(O)CN1CC1C)COCC(COCCOCC(O)CN1CC1C)(COCCOCC(O)CN1CC1C)COCCOCC(O)CN1CC1C. The second kappa shape index (κ2) is 39.4. The lowest BCUT2D eigenvalue weighted by Gasteiger charge is -2.37. The Kier molecular flexibility index (Phi) is 33.9. The Morgan fingerprint density at radius 1 is 0.294 bits per heavy atom. The van der Waals surface area contributed by atoms with Gasteiger partial charge in [-0.25, -0.2) is 0 Å². The summed E-state index contributed by atoms with van der Waals surface area (Å²) in [4.78, 5) is 13.1. The zero-order chi connectivity index (χ0) is 61.0. The molecule has 500 valence electrons. The molecule has 85 heavy (non-hydrogen) atoms. The quantitative estimate of drug-likeness (QED) is 0.0294. The second-order valence-corrected chi connectivity index (χ2v) is 25.9. The maximum atomic E-state index is 10.6. The third-order valence-corrected chi connectivity index (χ3v) is 16.5. The highest BCUT2D eigenvalue weighted by Gasteiger charge is 2.39. The van der Waals surface area contributed by atoms with Gasteiger partial charge in [-0.3, -0.25) is 29.4 Å². The van der Waals surface area contributed by atoms with Crippen molar-refractivity contribution in [2.75, 3.05) is 244 Å². The van der Waals surface area contributed by atoms with Crippen LogP contribution in [0.4, 0.5) is 0 Å². The van der Waals surface area contributed by atoms with Crippen LogP contribution in [0.3, 0.4) is 0 Å². The summed E-state index contributed by atoms with van der Waals surface area (Å²) in [5, 5.41) is 63.5. The first-order valence-corrected chi connectivity index (χ1v) is 32.0. The lowest BCUT2D eigenvalue weighted by molar-refractivity contribution is -0.155. The number of β-amino-alcohol motifs (C(OH)–C–C–N with tert-alkyl or cyclic N) is 6. The minimum Gasteiger partial charge on any atom is -0.389 e. The van der Waals surface area contributed by atoms with Gasteiger partial charge in [-0.2, -0.15) is 0 Å². The zero-order valence-corrected chi connectivity index (χ0v) is 53.0. The van der Waals surface area contributed by atoms with E-state index in [-0.39, 0.29) is 165 Å². The van der Waals surface area contributed by atoms with Crippen LogP contribution in [0.15, 0.2) is 0 Å². The Morgan fingerprint density at radius 3 is 0.706 bits per heavy atom. The highest BCUT2D eigenvalue weighted by molar-refractivity contribution is 4.90. The molecule has 6 heterocycles. The average molecular weight is 1230 g/mol. The van der Waals surface area contributed by atoms with Gasteiger partial charge in [-0.1, -0.05) is 0 Å². The van der Waals surface area contributed by atoms with Crippen molar-refractivity contribution < 1.29 is 92.2 Å². The molecule has 0 amide bonds. The summed E-state index contributed by atoms with van der Waals surface area (Å²) in [6.07, 6.45) is -3.30. The molecule has 0 aromatic heterocycles. The standard InChI is InChI=1S/C60H116N6O19/c1-46-20-61(46)26-53(67)32-73-9-8-52(7)85-45-60(41-82-18-13-77-36-57(71)30-65-24-50(65)5,42-83-19-14-78-37-58(72)31-66-25-51(66)6)44-84-43-59(38-79-15-10-74-33-54(68)27-62-21-47(62)2,39-80-16-11-75-34-55(69)28-63-22-48(63)3)40-81-17-12-76-35-56(70)29-64-23-49(64)4/h46-58,67-72H,8-45H2,1-7H3. The van der Waals surface area contributed by atoms with E-state index in [0.717, 1.165) is 39.3 Å². The van der Waals surface area contributed by atoms with Gasteiger partial charge in [0.05, 0.1) is 212 Å². The van der Waals surface area contributed by atoms with E-state index in [1.165, 1.54) is 0 Å². The predicted octanol–water partition coefficient (Wildman–Crippen LogP) is -1.66. The first-order chi connectivity index (χ1) is 40.9. The van der Waals surface area contributed by atoms with E-state index in [2.05, 4.69) is 70.9 Å². The Bertz CT molecular complexity index is 1620. The predicted molar refractivity (Wildman–Crippen MR) is 317 cm³/mol. The fourth-order valence-corrected chi connectivity index (χ4v) is 10.2. The van der Waals surface area contributed by atoms with Crippen molar-refractivity contribution in [1.29, 1.82) is 0 Å². The van der Waals surface area contributed by atoms with Crippen LogP contribution >= 0.6 is 0 Å². The minimum absolute atomic E-state index is 0.0959. The summed E-state index contributed by atoms with van der Waals surface area (Å²) in [6, 6.07) is 2.87. The Labute approximate surface area is 508 Å². The molecule has 0 aliphatic carbocycles. The molecule has 6 rings (SSSR count). The number of rotatable bonds is 59. The molecule has 6 saturated heterocycles.